The van der Waals surface area contributed by atoms with Crippen LogP contribution in [-0.2, 0) is 24.4 Å². The molecule has 0 atom stereocenters. The predicted octanol–water partition coefficient (Wildman–Crippen LogP) is 3.52. The summed E-state index contributed by atoms with van der Waals surface area (Å²) in [5.41, 5.74) is 3.69. The van der Waals surface area contributed by atoms with E-state index in [0.717, 1.165) is 25.4 Å². The maximum Gasteiger partial charge on any atom is 0.123 e. The molecule has 0 amide bonds. The Hall–Kier alpha value is -1.84. The van der Waals surface area contributed by atoms with Gasteiger partial charge in [0, 0.05) is 25.3 Å². The Morgan fingerprint density at radius 1 is 0.857 bits per heavy atom. The van der Waals surface area contributed by atoms with E-state index in [0.29, 0.717) is 6.61 Å². The number of hydrogen-bond acceptors (Lipinski definition) is 3. The van der Waals surface area contributed by atoms with Crippen LogP contribution in [0.2, 0.25) is 0 Å². The van der Waals surface area contributed by atoms with Crippen molar-refractivity contribution in [1.82, 2.24) is 5.32 Å². The van der Waals surface area contributed by atoms with Crippen molar-refractivity contribution in [2.24, 2.45) is 0 Å². The fraction of sp³-hybridized carbons (Fsp3) is 0.333. The molecule has 0 aliphatic carbocycles. The zero-order valence-corrected chi connectivity index (χ0v) is 12.8. The monoisotopic (exact) mass is 285 g/mol. The van der Waals surface area contributed by atoms with E-state index < -0.39 is 0 Å². The molecule has 0 radical (unpaired) electrons. The molecule has 0 heterocycles. The number of rotatable bonds is 8. The van der Waals surface area contributed by atoms with Crippen molar-refractivity contribution < 1.29 is 9.47 Å². The third kappa shape index (κ3) is 4.59. The molecule has 2 rings (SSSR count). The largest absolute Gasteiger partial charge is 0.496 e. The number of hydrogen-bond donors (Lipinski definition) is 1. The summed E-state index contributed by atoms with van der Waals surface area (Å²) in [6.07, 6.45) is 0. The van der Waals surface area contributed by atoms with Crippen molar-refractivity contribution in [3.63, 3.8) is 0 Å². The molecular formula is C18H23NO2. The second kappa shape index (κ2) is 8.45. The van der Waals surface area contributed by atoms with Crippen LogP contribution in [0.1, 0.15) is 23.6 Å². The Morgan fingerprint density at radius 3 is 2.19 bits per heavy atom. The molecule has 0 spiro atoms. The highest BCUT2D eigenvalue weighted by Gasteiger charge is 2.04. The van der Waals surface area contributed by atoms with Gasteiger partial charge in [0.1, 0.15) is 5.75 Å². The molecule has 0 fully saturated rings. The van der Waals surface area contributed by atoms with Gasteiger partial charge in [0.2, 0.25) is 0 Å². The van der Waals surface area contributed by atoms with E-state index in [1.807, 2.05) is 25.1 Å². The molecule has 0 aliphatic heterocycles. The molecule has 0 saturated carbocycles. The van der Waals surface area contributed by atoms with Gasteiger partial charge >= 0.3 is 0 Å². The summed E-state index contributed by atoms with van der Waals surface area (Å²) in [6, 6.07) is 16.5. The molecule has 3 nitrogen and oxygen atoms in total. The highest BCUT2D eigenvalue weighted by atomic mass is 16.5. The smallest absolute Gasteiger partial charge is 0.123 e. The zero-order chi connectivity index (χ0) is 14.9. The van der Waals surface area contributed by atoms with E-state index in [1.165, 1.54) is 16.7 Å². The molecule has 3 heteroatoms. The standard InChI is InChI=1S/C18H23NO2/c1-3-21-14-17-10-5-4-8-15(17)12-19-13-16-9-6-7-11-18(16)20-2/h4-11,19H,3,12-14H2,1-2H3. The first-order valence-corrected chi connectivity index (χ1v) is 7.32. The highest BCUT2D eigenvalue weighted by Crippen LogP contribution is 2.17. The van der Waals surface area contributed by atoms with E-state index in [4.69, 9.17) is 9.47 Å². The van der Waals surface area contributed by atoms with E-state index in [-0.39, 0.29) is 0 Å². The second-order valence-corrected chi connectivity index (χ2v) is 4.82. The first-order valence-electron chi connectivity index (χ1n) is 7.32. The number of ether oxygens (including phenoxy) is 2. The summed E-state index contributed by atoms with van der Waals surface area (Å²) in [7, 11) is 1.70. The quantitative estimate of drug-likeness (QED) is 0.805. The van der Waals surface area contributed by atoms with E-state index in [1.54, 1.807) is 7.11 Å². The van der Waals surface area contributed by atoms with Crippen molar-refractivity contribution in [2.75, 3.05) is 13.7 Å². The van der Waals surface area contributed by atoms with Gasteiger partial charge in [0.15, 0.2) is 0 Å². The first-order chi connectivity index (χ1) is 10.3. The van der Waals surface area contributed by atoms with Crippen LogP contribution >= 0.6 is 0 Å². The summed E-state index contributed by atoms with van der Waals surface area (Å²) in [6.45, 7) is 5.03. The summed E-state index contributed by atoms with van der Waals surface area (Å²) < 4.78 is 10.9. The van der Waals surface area contributed by atoms with Crippen molar-refractivity contribution >= 4 is 0 Å². The number of para-hydroxylation sites is 1. The predicted molar refractivity (Wildman–Crippen MR) is 85.3 cm³/mol. The lowest BCUT2D eigenvalue weighted by molar-refractivity contribution is 0.133. The van der Waals surface area contributed by atoms with Crippen LogP contribution in [0.15, 0.2) is 48.5 Å². The third-order valence-corrected chi connectivity index (χ3v) is 3.40. The lowest BCUT2D eigenvalue weighted by Crippen LogP contribution is -2.15. The highest BCUT2D eigenvalue weighted by molar-refractivity contribution is 5.33. The van der Waals surface area contributed by atoms with Crippen molar-refractivity contribution in [1.29, 1.82) is 0 Å². The minimum absolute atomic E-state index is 0.670. The minimum Gasteiger partial charge on any atom is -0.496 e. The van der Waals surface area contributed by atoms with Gasteiger partial charge in [-0.25, -0.2) is 0 Å². The van der Waals surface area contributed by atoms with Crippen molar-refractivity contribution in [2.45, 2.75) is 26.6 Å². The van der Waals surface area contributed by atoms with Gasteiger partial charge in [-0.05, 0) is 24.1 Å². The molecule has 0 aliphatic rings. The molecule has 21 heavy (non-hydrogen) atoms. The Balaban J connectivity index is 1.94. The zero-order valence-electron chi connectivity index (χ0n) is 12.8. The lowest BCUT2D eigenvalue weighted by atomic mass is 10.1. The normalized spacial score (nSPS) is 10.6. The molecule has 2 aromatic carbocycles. The van der Waals surface area contributed by atoms with Crippen LogP contribution in [0.3, 0.4) is 0 Å². The van der Waals surface area contributed by atoms with Gasteiger partial charge in [0.25, 0.3) is 0 Å². The van der Waals surface area contributed by atoms with Gasteiger partial charge in [-0.15, -0.1) is 0 Å². The van der Waals surface area contributed by atoms with E-state index in [9.17, 15) is 0 Å². The maximum atomic E-state index is 5.51. The van der Waals surface area contributed by atoms with Gasteiger partial charge in [-0.1, -0.05) is 42.5 Å². The van der Waals surface area contributed by atoms with Gasteiger partial charge in [0.05, 0.1) is 13.7 Å². The number of methoxy groups -OCH3 is 1. The molecule has 0 bridgehead atoms. The Bertz CT molecular complexity index is 554. The Labute approximate surface area is 126 Å². The average molecular weight is 285 g/mol. The summed E-state index contributed by atoms with van der Waals surface area (Å²) in [5, 5.41) is 3.47. The second-order valence-electron chi connectivity index (χ2n) is 4.82. The number of benzene rings is 2. The maximum absolute atomic E-state index is 5.51. The van der Waals surface area contributed by atoms with Gasteiger partial charge < -0.3 is 14.8 Å². The summed E-state index contributed by atoms with van der Waals surface area (Å²) in [4.78, 5) is 0. The van der Waals surface area contributed by atoms with Crippen LogP contribution in [0.5, 0.6) is 5.75 Å². The Morgan fingerprint density at radius 2 is 1.48 bits per heavy atom. The van der Waals surface area contributed by atoms with Crippen molar-refractivity contribution in [3.8, 4) is 5.75 Å². The molecule has 0 aromatic heterocycles. The topological polar surface area (TPSA) is 30.5 Å². The van der Waals surface area contributed by atoms with Crippen LogP contribution in [0.4, 0.5) is 0 Å². The van der Waals surface area contributed by atoms with E-state index in [2.05, 4.69) is 35.6 Å². The SMILES string of the molecule is CCOCc1ccccc1CNCc1ccccc1OC. The van der Waals surface area contributed by atoms with Crippen molar-refractivity contribution in [3.05, 3.63) is 65.2 Å². The third-order valence-electron chi connectivity index (χ3n) is 3.40. The molecule has 0 unspecified atom stereocenters. The molecular weight excluding hydrogens is 262 g/mol. The fourth-order valence-corrected chi connectivity index (χ4v) is 2.26. The van der Waals surface area contributed by atoms with Crippen LogP contribution in [0, 0.1) is 0 Å². The van der Waals surface area contributed by atoms with Crippen LogP contribution in [-0.4, -0.2) is 13.7 Å². The van der Waals surface area contributed by atoms with Crippen LogP contribution < -0.4 is 10.1 Å². The molecule has 1 N–H and O–H groups in total. The lowest BCUT2D eigenvalue weighted by Gasteiger charge is -2.12. The summed E-state index contributed by atoms with van der Waals surface area (Å²) >= 11 is 0. The molecule has 112 valence electrons. The summed E-state index contributed by atoms with van der Waals surface area (Å²) in [5.74, 6) is 0.924. The molecule has 2 aromatic rings. The molecule has 0 saturated heterocycles. The van der Waals surface area contributed by atoms with Crippen LogP contribution in [0.25, 0.3) is 0 Å². The average Bonchev–Trinajstić information content (AvgIpc) is 2.54. The van der Waals surface area contributed by atoms with E-state index >= 15 is 0 Å². The Kier molecular flexibility index (Phi) is 6.25. The van der Waals surface area contributed by atoms with Gasteiger partial charge in [-0.3, -0.25) is 0 Å². The first kappa shape index (κ1) is 15.5. The minimum atomic E-state index is 0.670. The number of nitrogens with one attached hydrogen (secondary N) is 1. The fourth-order valence-electron chi connectivity index (χ4n) is 2.26. The van der Waals surface area contributed by atoms with Gasteiger partial charge in [-0.2, -0.15) is 0 Å².